The molecule has 1 heterocycles. The minimum atomic E-state index is -0.409. The van der Waals surface area contributed by atoms with E-state index in [-0.39, 0.29) is 0 Å². The predicted octanol–water partition coefficient (Wildman–Crippen LogP) is 4.06. The third-order valence-corrected chi connectivity index (χ3v) is 4.40. The molecule has 2 aromatic carbocycles. The van der Waals surface area contributed by atoms with Gasteiger partial charge in [0.2, 0.25) is 0 Å². The number of carbonyl (C=O) groups is 2. The van der Waals surface area contributed by atoms with Gasteiger partial charge in [0.1, 0.15) is 0 Å². The molecule has 0 saturated carbocycles. The molecule has 1 aliphatic heterocycles. The van der Waals surface area contributed by atoms with E-state index in [0.29, 0.717) is 12.1 Å². The van der Waals surface area contributed by atoms with Crippen molar-refractivity contribution in [2.45, 2.75) is 12.8 Å². The molecule has 3 nitrogen and oxygen atoms in total. The van der Waals surface area contributed by atoms with Crippen LogP contribution in [0.25, 0.3) is 11.1 Å². The molecule has 22 heavy (non-hydrogen) atoms. The summed E-state index contributed by atoms with van der Waals surface area (Å²) >= 11 is 3.40. The van der Waals surface area contributed by atoms with Crippen LogP contribution in [0.1, 0.15) is 23.2 Å². The zero-order chi connectivity index (χ0) is 15.5. The summed E-state index contributed by atoms with van der Waals surface area (Å²) in [5, 5.41) is 0.899. The van der Waals surface area contributed by atoms with Gasteiger partial charge < -0.3 is 4.90 Å². The molecule has 112 valence electrons. The second kappa shape index (κ2) is 6.44. The van der Waals surface area contributed by atoms with Crippen LogP contribution in [-0.4, -0.2) is 23.6 Å². The average Bonchev–Trinajstić information content (AvgIpc) is 2.81. The summed E-state index contributed by atoms with van der Waals surface area (Å²) in [5.41, 5.74) is 3.24. The summed E-state index contributed by atoms with van der Waals surface area (Å²) < 4.78 is 0. The lowest BCUT2D eigenvalue weighted by Gasteiger charge is -2.19. The summed E-state index contributed by atoms with van der Waals surface area (Å²) in [6.45, 7) is 0.576. The molecule has 1 aliphatic rings. The Hall–Kier alpha value is -1.94. The quantitative estimate of drug-likeness (QED) is 0.459. The first-order chi connectivity index (χ1) is 10.7. The monoisotopic (exact) mass is 357 g/mol. The van der Waals surface area contributed by atoms with Crippen molar-refractivity contribution in [1.29, 1.82) is 0 Å². The van der Waals surface area contributed by atoms with Crippen LogP contribution in [-0.2, 0) is 4.79 Å². The number of ketones is 1. The van der Waals surface area contributed by atoms with Crippen LogP contribution in [0.15, 0.2) is 48.5 Å². The molecule has 3 rings (SSSR count). The molecule has 0 spiro atoms. The Morgan fingerprint density at radius 1 is 0.864 bits per heavy atom. The van der Waals surface area contributed by atoms with Crippen molar-refractivity contribution in [2.75, 3.05) is 16.8 Å². The van der Waals surface area contributed by atoms with Gasteiger partial charge in [-0.1, -0.05) is 58.4 Å². The number of amides is 1. The lowest BCUT2D eigenvalue weighted by Crippen LogP contribution is -2.31. The van der Waals surface area contributed by atoms with E-state index in [4.69, 9.17) is 0 Å². The van der Waals surface area contributed by atoms with Gasteiger partial charge in [-0.2, -0.15) is 0 Å². The number of para-hydroxylation sites is 1. The molecule has 0 radical (unpaired) electrons. The second-order valence-electron chi connectivity index (χ2n) is 5.25. The van der Waals surface area contributed by atoms with Crippen LogP contribution in [0, 0.1) is 0 Å². The number of unbranched alkanes of at least 4 members (excludes halogenated alkanes) is 1. The summed E-state index contributed by atoms with van der Waals surface area (Å²) in [4.78, 5) is 26.2. The number of rotatable bonds is 5. The number of fused-ring (bicyclic) bond motifs is 1. The molecule has 0 aromatic heterocycles. The highest BCUT2D eigenvalue weighted by molar-refractivity contribution is 9.09. The van der Waals surface area contributed by atoms with Gasteiger partial charge in [0.05, 0.1) is 11.3 Å². The highest BCUT2D eigenvalue weighted by Gasteiger charge is 2.37. The maximum Gasteiger partial charge on any atom is 0.299 e. The van der Waals surface area contributed by atoms with E-state index in [2.05, 4.69) is 15.9 Å². The first-order valence-corrected chi connectivity index (χ1v) is 8.47. The van der Waals surface area contributed by atoms with E-state index in [0.717, 1.165) is 35.0 Å². The van der Waals surface area contributed by atoms with Crippen LogP contribution in [0.3, 0.4) is 0 Å². The third kappa shape index (κ3) is 2.59. The summed E-state index contributed by atoms with van der Waals surface area (Å²) in [6, 6.07) is 15.4. The van der Waals surface area contributed by atoms with E-state index < -0.39 is 11.7 Å². The highest BCUT2D eigenvalue weighted by atomic mass is 79.9. The number of hydrogen-bond acceptors (Lipinski definition) is 2. The van der Waals surface area contributed by atoms with Crippen molar-refractivity contribution in [3.63, 3.8) is 0 Å². The van der Waals surface area contributed by atoms with E-state index in [9.17, 15) is 9.59 Å². The number of carbonyl (C=O) groups excluding carboxylic acids is 2. The standard InChI is InChI=1S/C18H16BrNO2/c19-11-4-5-12-20-16-14(13-7-2-1-3-8-13)9-6-10-15(16)17(21)18(20)22/h1-3,6-10H,4-5,11-12H2. The van der Waals surface area contributed by atoms with Crippen LogP contribution in [0.2, 0.25) is 0 Å². The molecule has 1 amide bonds. The number of benzene rings is 2. The normalized spacial score (nSPS) is 13.6. The van der Waals surface area contributed by atoms with Crippen molar-refractivity contribution in [3.05, 3.63) is 54.1 Å². The Morgan fingerprint density at radius 2 is 1.59 bits per heavy atom. The van der Waals surface area contributed by atoms with E-state index >= 15 is 0 Å². The van der Waals surface area contributed by atoms with Crippen LogP contribution >= 0.6 is 15.9 Å². The minimum Gasteiger partial charge on any atom is -0.304 e. The predicted molar refractivity (Wildman–Crippen MR) is 91.6 cm³/mol. The average molecular weight is 358 g/mol. The molecule has 2 aromatic rings. The lowest BCUT2D eigenvalue weighted by atomic mass is 10.00. The van der Waals surface area contributed by atoms with Crippen LogP contribution < -0.4 is 4.90 Å². The van der Waals surface area contributed by atoms with Gasteiger partial charge in [0, 0.05) is 17.4 Å². The Bertz CT molecular complexity index is 712. The zero-order valence-electron chi connectivity index (χ0n) is 12.1. The van der Waals surface area contributed by atoms with Gasteiger partial charge in [-0.3, -0.25) is 9.59 Å². The van der Waals surface area contributed by atoms with E-state index in [1.165, 1.54) is 0 Å². The molecule has 0 unspecified atom stereocenters. The van der Waals surface area contributed by atoms with Crippen molar-refractivity contribution in [2.24, 2.45) is 0 Å². The molecule has 0 N–H and O–H groups in total. The van der Waals surface area contributed by atoms with Gasteiger partial charge in [0.25, 0.3) is 11.7 Å². The summed E-state index contributed by atoms with van der Waals surface area (Å²) in [5.74, 6) is -0.806. The Morgan fingerprint density at radius 3 is 2.32 bits per heavy atom. The van der Waals surface area contributed by atoms with Crippen LogP contribution in [0.5, 0.6) is 0 Å². The fraction of sp³-hybridized carbons (Fsp3) is 0.222. The van der Waals surface area contributed by atoms with E-state index in [1.54, 1.807) is 11.0 Å². The van der Waals surface area contributed by atoms with Gasteiger partial charge in [-0.05, 0) is 24.5 Å². The first-order valence-electron chi connectivity index (χ1n) is 7.34. The summed E-state index contributed by atoms with van der Waals surface area (Å²) in [7, 11) is 0. The number of halogens is 1. The fourth-order valence-electron chi connectivity index (χ4n) is 2.79. The second-order valence-corrected chi connectivity index (χ2v) is 6.04. The lowest BCUT2D eigenvalue weighted by molar-refractivity contribution is -0.114. The first kappa shape index (κ1) is 15.0. The Kier molecular flexibility index (Phi) is 4.39. The summed E-state index contributed by atoms with van der Waals surface area (Å²) in [6.07, 6.45) is 1.84. The number of nitrogens with zero attached hydrogens (tertiary/aromatic N) is 1. The molecule has 0 atom stereocenters. The van der Waals surface area contributed by atoms with Gasteiger partial charge in [-0.25, -0.2) is 0 Å². The largest absolute Gasteiger partial charge is 0.304 e. The SMILES string of the molecule is O=C1C(=O)N(CCCCBr)c2c1cccc2-c1ccccc1. The maximum atomic E-state index is 12.3. The zero-order valence-corrected chi connectivity index (χ0v) is 13.7. The third-order valence-electron chi connectivity index (χ3n) is 3.84. The Labute approximate surface area is 138 Å². The smallest absolute Gasteiger partial charge is 0.299 e. The molecule has 4 heteroatoms. The van der Waals surface area contributed by atoms with Crippen molar-refractivity contribution < 1.29 is 9.59 Å². The van der Waals surface area contributed by atoms with E-state index in [1.807, 2.05) is 42.5 Å². The number of anilines is 1. The Balaban J connectivity index is 2.06. The maximum absolute atomic E-state index is 12.3. The van der Waals surface area contributed by atoms with Crippen molar-refractivity contribution in [3.8, 4) is 11.1 Å². The molecule has 0 bridgehead atoms. The molecule has 0 aliphatic carbocycles. The van der Waals surface area contributed by atoms with Crippen LogP contribution in [0.4, 0.5) is 5.69 Å². The fourth-order valence-corrected chi connectivity index (χ4v) is 3.18. The number of Topliss-reactive ketones (excluding diaryl/α,β-unsaturated/α-hetero) is 1. The van der Waals surface area contributed by atoms with Crippen molar-refractivity contribution in [1.82, 2.24) is 0 Å². The number of hydrogen-bond donors (Lipinski definition) is 0. The number of alkyl halides is 1. The topological polar surface area (TPSA) is 37.4 Å². The van der Waals surface area contributed by atoms with Gasteiger partial charge >= 0.3 is 0 Å². The highest BCUT2D eigenvalue weighted by Crippen LogP contribution is 2.38. The van der Waals surface area contributed by atoms with Gasteiger partial charge in [0.15, 0.2) is 0 Å². The molecular formula is C18H16BrNO2. The van der Waals surface area contributed by atoms with Gasteiger partial charge in [-0.15, -0.1) is 0 Å². The molecular weight excluding hydrogens is 342 g/mol. The minimum absolute atomic E-state index is 0.397. The molecule has 0 saturated heterocycles. The molecule has 0 fully saturated rings. The van der Waals surface area contributed by atoms with Crippen molar-refractivity contribution >= 4 is 33.3 Å².